The lowest BCUT2D eigenvalue weighted by molar-refractivity contribution is -0.212. The fourth-order valence-corrected chi connectivity index (χ4v) is 3.51. The average molecular weight is 393 g/mol. The predicted molar refractivity (Wildman–Crippen MR) is 116 cm³/mol. The van der Waals surface area contributed by atoms with Gasteiger partial charge in [-0.1, -0.05) is 30.3 Å². The fraction of sp³-hybridized carbons (Fsp3) is 0.273. The molecule has 2 aromatic carbocycles. The van der Waals surface area contributed by atoms with E-state index in [1.54, 1.807) is 0 Å². The van der Waals surface area contributed by atoms with Gasteiger partial charge in [0.2, 0.25) is 11.7 Å². The smallest absolute Gasteiger partial charge is 0.229 e. The summed E-state index contributed by atoms with van der Waals surface area (Å²) in [6.07, 6.45) is 1.53. The Kier molecular flexibility index (Phi) is 6.00. The van der Waals surface area contributed by atoms with Gasteiger partial charge in [0.25, 0.3) is 0 Å². The van der Waals surface area contributed by atoms with Gasteiger partial charge in [-0.3, -0.25) is 0 Å². The third-order valence-electron chi connectivity index (χ3n) is 4.72. The first-order valence-electron chi connectivity index (χ1n) is 9.55. The van der Waals surface area contributed by atoms with Gasteiger partial charge in [-0.05, 0) is 49.6 Å². The van der Waals surface area contributed by atoms with E-state index in [1.165, 1.54) is 6.20 Å². The van der Waals surface area contributed by atoms with E-state index in [-0.39, 0.29) is 11.8 Å². The van der Waals surface area contributed by atoms with E-state index >= 15 is 0 Å². The van der Waals surface area contributed by atoms with Crippen molar-refractivity contribution < 1.29 is 9.47 Å². The zero-order valence-corrected chi connectivity index (χ0v) is 17.0. The number of nitrogens with two attached hydrogens (primary N) is 3. The first kappa shape index (κ1) is 20.6. The summed E-state index contributed by atoms with van der Waals surface area (Å²) in [5.74, 6) is -1.08. The maximum atomic E-state index is 6.53. The van der Waals surface area contributed by atoms with Crippen LogP contribution < -0.4 is 17.2 Å². The number of ether oxygens (including phenoxy) is 2. The normalized spacial score (nSPS) is 11.6. The van der Waals surface area contributed by atoms with Crippen LogP contribution in [0.4, 0.5) is 17.5 Å². The number of aromatic nitrogens is 2. The summed E-state index contributed by atoms with van der Waals surface area (Å²) in [5.41, 5.74) is 23.2. The Hall–Kier alpha value is -3.16. The van der Waals surface area contributed by atoms with Gasteiger partial charge in [-0.15, -0.1) is 0 Å². The van der Waals surface area contributed by atoms with Crippen LogP contribution in [0.2, 0.25) is 0 Å². The molecule has 3 rings (SSSR count). The van der Waals surface area contributed by atoms with Crippen LogP contribution in [0.25, 0.3) is 11.1 Å². The minimum Gasteiger partial charge on any atom is -0.398 e. The topological polar surface area (TPSA) is 122 Å². The molecule has 152 valence electrons. The van der Waals surface area contributed by atoms with E-state index < -0.39 is 5.79 Å². The average Bonchev–Trinajstić information content (AvgIpc) is 2.70. The molecule has 29 heavy (non-hydrogen) atoms. The number of nitrogens with zero attached hydrogens (tertiary/aromatic N) is 2. The van der Waals surface area contributed by atoms with Crippen LogP contribution in [0.15, 0.2) is 48.7 Å². The Morgan fingerprint density at radius 3 is 2.17 bits per heavy atom. The van der Waals surface area contributed by atoms with Crippen molar-refractivity contribution in [3.63, 3.8) is 0 Å². The van der Waals surface area contributed by atoms with E-state index in [2.05, 4.69) is 9.97 Å². The molecular formula is C22H27N5O2. The maximum absolute atomic E-state index is 6.53. The standard InChI is InChI=1S/C22H27N5O2/c1-4-28-22(29-5-2,18-13-26-21(25)27-20(18)24)17-11-14(3)16(12-19(17)23)15-9-7-6-8-10-15/h6-13H,4-5,23H2,1-3H3,(H4,24,25,26,27). The molecular weight excluding hydrogens is 366 g/mol. The summed E-state index contributed by atoms with van der Waals surface area (Å²) < 4.78 is 12.3. The van der Waals surface area contributed by atoms with Gasteiger partial charge in [0, 0.05) is 30.7 Å². The van der Waals surface area contributed by atoms with Gasteiger partial charge < -0.3 is 26.7 Å². The molecule has 7 nitrogen and oxygen atoms in total. The van der Waals surface area contributed by atoms with Crippen molar-refractivity contribution in [2.45, 2.75) is 26.6 Å². The first-order chi connectivity index (χ1) is 13.9. The van der Waals surface area contributed by atoms with E-state index in [1.807, 2.05) is 63.2 Å². The number of rotatable bonds is 7. The monoisotopic (exact) mass is 393 g/mol. The molecule has 0 bridgehead atoms. The SMILES string of the molecule is CCOC(OCC)(c1cc(C)c(-c2ccccc2)cc1N)c1cnc(N)nc1N. The van der Waals surface area contributed by atoms with Gasteiger partial charge in [0.1, 0.15) is 5.82 Å². The summed E-state index contributed by atoms with van der Waals surface area (Å²) in [4.78, 5) is 8.19. The summed E-state index contributed by atoms with van der Waals surface area (Å²) >= 11 is 0. The number of nitrogen functional groups attached to an aromatic ring is 3. The Morgan fingerprint density at radius 1 is 0.931 bits per heavy atom. The number of hydrogen-bond acceptors (Lipinski definition) is 7. The van der Waals surface area contributed by atoms with Gasteiger partial charge in [-0.25, -0.2) is 4.98 Å². The Balaban J connectivity index is 2.24. The second-order valence-electron chi connectivity index (χ2n) is 6.63. The van der Waals surface area contributed by atoms with Crippen LogP contribution >= 0.6 is 0 Å². The molecule has 3 aromatic rings. The minimum atomic E-state index is -1.34. The summed E-state index contributed by atoms with van der Waals surface area (Å²) in [7, 11) is 0. The number of anilines is 3. The molecule has 1 heterocycles. The molecule has 1 aromatic heterocycles. The first-order valence-corrected chi connectivity index (χ1v) is 9.55. The molecule has 0 saturated heterocycles. The Morgan fingerprint density at radius 2 is 1.59 bits per heavy atom. The lowest BCUT2D eigenvalue weighted by Gasteiger charge is -2.35. The molecule has 0 fully saturated rings. The van der Waals surface area contributed by atoms with Crippen LogP contribution in [0.3, 0.4) is 0 Å². The summed E-state index contributed by atoms with van der Waals surface area (Å²) in [6.45, 7) is 6.51. The molecule has 0 saturated carbocycles. The highest BCUT2D eigenvalue weighted by Gasteiger charge is 2.41. The highest BCUT2D eigenvalue weighted by Crippen LogP contribution is 2.42. The van der Waals surface area contributed by atoms with Crippen molar-refractivity contribution in [3.05, 3.63) is 65.4 Å². The quantitative estimate of drug-likeness (QED) is 0.415. The molecule has 6 N–H and O–H groups in total. The summed E-state index contributed by atoms with van der Waals surface area (Å²) in [6, 6.07) is 14.0. The third kappa shape index (κ3) is 3.87. The minimum absolute atomic E-state index is 0.0803. The highest BCUT2D eigenvalue weighted by molar-refractivity contribution is 5.73. The van der Waals surface area contributed by atoms with Gasteiger partial charge in [0.05, 0.1) is 5.56 Å². The van der Waals surface area contributed by atoms with Gasteiger partial charge in [-0.2, -0.15) is 4.98 Å². The predicted octanol–water partition coefficient (Wildman–Crippen LogP) is 3.47. The zero-order valence-electron chi connectivity index (χ0n) is 17.0. The van der Waals surface area contributed by atoms with Crippen molar-refractivity contribution in [2.24, 2.45) is 0 Å². The molecule has 0 aliphatic carbocycles. The lowest BCUT2D eigenvalue weighted by atomic mass is 9.90. The number of aryl methyl sites for hydroxylation is 1. The van der Waals surface area contributed by atoms with Crippen molar-refractivity contribution in [2.75, 3.05) is 30.4 Å². The van der Waals surface area contributed by atoms with Crippen LogP contribution in [0, 0.1) is 6.92 Å². The molecule has 0 amide bonds. The third-order valence-corrected chi connectivity index (χ3v) is 4.72. The second-order valence-corrected chi connectivity index (χ2v) is 6.63. The number of hydrogen-bond donors (Lipinski definition) is 3. The van der Waals surface area contributed by atoms with Crippen molar-refractivity contribution in [1.82, 2.24) is 9.97 Å². The van der Waals surface area contributed by atoms with E-state index in [9.17, 15) is 0 Å². The second kappa shape index (κ2) is 8.46. The van der Waals surface area contributed by atoms with Crippen LogP contribution in [-0.2, 0) is 15.3 Å². The Labute approximate surface area is 170 Å². The van der Waals surface area contributed by atoms with Gasteiger partial charge >= 0.3 is 0 Å². The van der Waals surface area contributed by atoms with Crippen LogP contribution in [0.5, 0.6) is 0 Å². The molecule has 0 radical (unpaired) electrons. The van der Waals surface area contributed by atoms with E-state index in [4.69, 9.17) is 26.7 Å². The number of benzene rings is 2. The zero-order chi connectivity index (χ0) is 21.0. The molecule has 0 spiro atoms. The molecule has 0 atom stereocenters. The summed E-state index contributed by atoms with van der Waals surface area (Å²) in [5, 5.41) is 0. The Bertz CT molecular complexity index is 986. The largest absolute Gasteiger partial charge is 0.398 e. The molecule has 7 heteroatoms. The molecule has 0 aliphatic heterocycles. The molecule has 0 aliphatic rings. The fourth-order valence-electron chi connectivity index (χ4n) is 3.51. The van der Waals surface area contributed by atoms with E-state index in [0.717, 1.165) is 16.7 Å². The van der Waals surface area contributed by atoms with Crippen LogP contribution in [-0.4, -0.2) is 23.2 Å². The highest BCUT2D eigenvalue weighted by atomic mass is 16.7. The van der Waals surface area contributed by atoms with Crippen molar-refractivity contribution in [1.29, 1.82) is 0 Å². The van der Waals surface area contributed by atoms with Crippen molar-refractivity contribution in [3.8, 4) is 11.1 Å². The van der Waals surface area contributed by atoms with Crippen molar-refractivity contribution >= 4 is 17.5 Å². The van der Waals surface area contributed by atoms with E-state index in [0.29, 0.717) is 30.0 Å². The van der Waals surface area contributed by atoms with Crippen LogP contribution in [0.1, 0.15) is 30.5 Å². The lowest BCUT2D eigenvalue weighted by Crippen LogP contribution is -2.37. The maximum Gasteiger partial charge on any atom is 0.229 e. The van der Waals surface area contributed by atoms with Gasteiger partial charge in [0.15, 0.2) is 0 Å². The molecule has 0 unspecified atom stereocenters.